The molecule has 0 saturated carbocycles. The predicted molar refractivity (Wildman–Crippen MR) is 198 cm³/mol. The Kier molecular flexibility index (Phi) is 9.52. The molecule has 2 aliphatic rings. The second-order valence-corrected chi connectivity index (χ2v) is 15.1. The van der Waals surface area contributed by atoms with Gasteiger partial charge in [0, 0.05) is 72.8 Å². The van der Waals surface area contributed by atoms with Gasteiger partial charge in [-0.1, -0.05) is 68.2 Å². The molecule has 0 unspecified atom stereocenters. The third kappa shape index (κ3) is 6.15. The van der Waals surface area contributed by atoms with Gasteiger partial charge < -0.3 is 19.1 Å². The first kappa shape index (κ1) is 35.5. The van der Waals surface area contributed by atoms with E-state index in [0.717, 1.165) is 16.8 Å². The molecule has 11 heteroatoms. The van der Waals surface area contributed by atoms with Crippen LogP contribution in [0.3, 0.4) is 0 Å². The lowest BCUT2D eigenvalue weighted by molar-refractivity contribution is 0.0597. The van der Waals surface area contributed by atoms with Crippen molar-refractivity contribution in [2.75, 3.05) is 32.8 Å². The molecule has 2 aromatic carbocycles. The van der Waals surface area contributed by atoms with Gasteiger partial charge in [0.15, 0.2) is 0 Å². The van der Waals surface area contributed by atoms with Crippen LogP contribution in [-0.2, 0) is 23.5 Å². The van der Waals surface area contributed by atoms with E-state index in [2.05, 4.69) is 20.8 Å². The van der Waals surface area contributed by atoms with Crippen LogP contribution in [-0.4, -0.2) is 74.8 Å². The largest absolute Gasteiger partial charge is 0.493 e. The molecule has 1 saturated heterocycles. The number of aliphatic imine (C=N–C) groups is 1. The van der Waals surface area contributed by atoms with Gasteiger partial charge in [-0.15, -0.1) is 0 Å². The number of hydrogen-bond acceptors (Lipinski definition) is 5. The van der Waals surface area contributed by atoms with Gasteiger partial charge >= 0.3 is 6.03 Å². The Hall–Kier alpha value is -4.34. The van der Waals surface area contributed by atoms with Crippen molar-refractivity contribution in [2.45, 2.75) is 58.0 Å². The van der Waals surface area contributed by atoms with Gasteiger partial charge in [0.1, 0.15) is 28.4 Å². The third-order valence-corrected chi connectivity index (χ3v) is 10.6. The molecule has 0 bridgehead atoms. The Morgan fingerprint density at radius 2 is 1.46 bits per heavy atom. The normalized spacial score (nSPS) is 21.0. The second kappa shape index (κ2) is 13.4. The van der Waals surface area contributed by atoms with Crippen molar-refractivity contribution in [3.05, 3.63) is 117 Å². The molecule has 0 aliphatic carbocycles. The molecule has 0 N–H and O–H groups in total. The number of ether oxygens (including phenoxy) is 1. The average molecular weight is 716 g/mol. The lowest BCUT2D eigenvalue weighted by atomic mass is 9.71. The standard InChI is InChI=1S/C39H44Cl2N6O3/c1-8-50-32-24-33(37(2,3)4)42-25-30(32)34-43-38(5,26-11-15-28(40)16-12-26)39(6,27-13-17-29(41)18-14-27)47(34)36(49)46-22-20-45(21-23-46)35(48)31-10-9-19-44(31)7/h9-19,24-25H,8,20-23H2,1-7H3/t38-,39+/m0/s1. The van der Waals surface area contributed by atoms with Crippen LogP contribution in [0.1, 0.15) is 74.4 Å². The Morgan fingerprint density at radius 3 is 2.00 bits per heavy atom. The lowest BCUT2D eigenvalue weighted by Gasteiger charge is -2.47. The average Bonchev–Trinajstić information content (AvgIpc) is 3.63. The van der Waals surface area contributed by atoms with E-state index in [0.29, 0.717) is 65.7 Å². The molecule has 3 amide bonds. The highest BCUT2D eigenvalue weighted by Crippen LogP contribution is 2.54. The molecule has 2 atom stereocenters. The first-order valence-electron chi connectivity index (χ1n) is 16.9. The molecule has 9 nitrogen and oxygen atoms in total. The summed E-state index contributed by atoms with van der Waals surface area (Å²) in [6, 6.07) is 20.6. The number of rotatable bonds is 6. The van der Waals surface area contributed by atoms with Crippen LogP contribution in [0, 0.1) is 0 Å². The molecule has 2 aliphatic heterocycles. The topological polar surface area (TPSA) is 83.3 Å². The minimum atomic E-state index is -1.06. The summed E-state index contributed by atoms with van der Waals surface area (Å²) in [5, 5.41) is 1.19. The monoisotopic (exact) mass is 714 g/mol. The van der Waals surface area contributed by atoms with E-state index in [-0.39, 0.29) is 17.4 Å². The van der Waals surface area contributed by atoms with E-state index in [1.165, 1.54) is 0 Å². The van der Waals surface area contributed by atoms with Crippen molar-refractivity contribution in [3.8, 4) is 5.75 Å². The van der Waals surface area contributed by atoms with Gasteiger partial charge in [0.2, 0.25) is 0 Å². The number of urea groups is 1. The fourth-order valence-corrected chi connectivity index (χ4v) is 7.20. The second-order valence-electron chi connectivity index (χ2n) is 14.2. The van der Waals surface area contributed by atoms with Gasteiger partial charge in [0.05, 0.1) is 12.2 Å². The third-order valence-electron chi connectivity index (χ3n) is 10.1. The van der Waals surface area contributed by atoms with Crippen molar-refractivity contribution in [1.29, 1.82) is 0 Å². The van der Waals surface area contributed by atoms with Crippen LogP contribution >= 0.6 is 23.2 Å². The highest BCUT2D eigenvalue weighted by atomic mass is 35.5. The Balaban J connectivity index is 1.50. The summed E-state index contributed by atoms with van der Waals surface area (Å²) in [6.07, 6.45) is 3.63. The summed E-state index contributed by atoms with van der Waals surface area (Å²) in [7, 11) is 1.86. The van der Waals surface area contributed by atoms with Crippen molar-refractivity contribution < 1.29 is 14.3 Å². The van der Waals surface area contributed by atoms with Crippen molar-refractivity contribution in [2.24, 2.45) is 12.0 Å². The minimum Gasteiger partial charge on any atom is -0.493 e. The number of carbonyl (C=O) groups is 2. The zero-order valence-electron chi connectivity index (χ0n) is 29.7. The number of aromatic nitrogens is 2. The van der Waals surface area contributed by atoms with Crippen LogP contribution < -0.4 is 4.74 Å². The number of benzene rings is 2. The Morgan fingerprint density at radius 1 is 0.880 bits per heavy atom. The highest BCUT2D eigenvalue weighted by molar-refractivity contribution is 6.30. The molecule has 4 aromatic rings. The maximum Gasteiger partial charge on any atom is 0.326 e. The van der Waals surface area contributed by atoms with Gasteiger partial charge in [-0.3, -0.25) is 19.7 Å². The maximum atomic E-state index is 15.2. The summed E-state index contributed by atoms with van der Waals surface area (Å²) in [5.41, 5.74) is 1.53. The van der Waals surface area contributed by atoms with E-state index in [9.17, 15) is 4.79 Å². The van der Waals surface area contributed by atoms with Gasteiger partial charge in [-0.25, -0.2) is 4.79 Å². The smallest absolute Gasteiger partial charge is 0.326 e. The van der Waals surface area contributed by atoms with Crippen LogP contribution in [0.5, 0.6) is 5.75 Å². The molecule has 0 radical (unpaired) electrons. The molecule has 1 fully saturated rings. The summed E-state index contributed by atoms with van der Waals surface area (Å²) in [5.74, 6) is 0.991. The van der Waals surface area contributed by atoms with E-state index in [4.69, 9.17) is 37.9 Å². The van der Waals surface area contributed by atoms with Crippen LogP contribution in [0.25, 0.3) is 0 Å². The summed E-state index contributed by atoms with van der Waals surface area (Å²) in [4.78, 5) is 44.4. The SMILES string of the molecule is CCOc1cc(C(C)(C)C)ncc1C1=N[C@@](C)(c2ccc(Cl)cc2)[C@@](C)(c2ccc(Cl)cc2)N1C(=O)N1CCN(C(=O)c2cccn2C)CC1. The summed E-state index contributed by atoms with van der Waals surface area (Å²) >= 11 is 12.8. The van der Waals surface area contributed by atoms with Crippen molar-refractivity contribution in [1.82, 2.24) is 24.3 Å². The van der Waals surface area contributed by atoms with E-state index in [1.54, 1.807) is 16.0 Å². The van der Waals surface area contributed by atoms with Crippen LogP contribution in [0.4, 0.5) is 4.79 Å². The number of pyridine rings is 1. The molecule has 4 heterocycles. The summed E-state index contributed by atoms with van der Waals surface area (Å²) in [6.45, 7) is 14.3. The number of halogens is 2. The fraction of sp³-hybridized carbons (Fsp3) is 0.385. The Bertz CT molecular complexity index is 1930. The van der Waals surface area contributed by atoms with E-state index in [1.807, 2.05) is 110 Å². The van der Waals surface area contributed by atoms with Crippen LogP contribution in [0.15, 0.2) is 84.1 Å². The number of aryl methyl sites for hydroxylation is 1. The van der Waals surface area contributed by atoms with E-state index < -0.39 is 11.1 Å². The number of hydrogen-bond donors (Lipinski definition) is 0. The number of amidine groups is 1. The zero-order chi connectivity index (χ0) is 36.0. The van der Waals surface area contributed by atoms with Gasteiger partial charge in [0.25, 0.3) is 5.91 Å². The minimum absolute atomic E-state index is 0.0549. The molecule has 6 rings (SSSR count). The first-order valence-corrected chi connectivity index (χ1v) is 17.7. The van der Waals surface area contributed by atoms with Crippen LogP contribution in [0.2, 0.25) is 10.0 Å². The van der Waals surface area contributed by atoms with Gasteiger partial charge in [-0.05, 0) is 68.3 Å². The lowest BCUT2D eigenvalue weighted by Crippen LogP contribution is -2.61. The maximum absolute atomic E-state index is 15.2. The fourth-order valence-electron chi connectivity index (χ4n) is 6.94. The van der Waals surface area contributed by atoms with Gasteiger partial charge in [-0.2, -0.15) is 0 Å². The number of nitrogens with zero attached hydrogens (tertiary/aromatic N) is 6. The van der Waals surface area contributed by atoms with E-state index >= 15 is 4.79 Å². The molecule has 50 heavy (non-hydrogen) atoms. The molecule has 0 spiro atoms. The van der Waals surface area contributed by atoms with Crippen molar-refractivity contribution in [3.63, 3.8) is 0 Å². The molecular weight excluding hydrogens is 671 g/mol. The number of amides is 3. The first-order chi connectivity index (χ1) is 23.7. The summed E-state index contributed by atoms with van der Waals surface area (Å²) < 4.78 is 8.09. The number of carbonyl (C=O) groups excluding carboxylic acids is 2. The molecule has 2 aromatic heterocycles. The molecular formula is C39H44Cl2N6O3. The number of piperazine rings is 1. The van der Waals surface area contributed by atoms with Crippen molar-refractivity contribution >= 4 is 41.0 Å². The quantitative estimate of drug-likeness (QED) is 0.203. The highest BCUT2D eigenvalue weighted by Gasteiger charge is 2.60. The Labute approximate surface area is 304 Å². The zero-order valence-corrected chi connectivity index (χ0v) is 31.2. The predicted octanol–water partition coefficient (Wildman–Crippen LogP) is 7.89. The molecule has 262 valence electrons.